The van der Waals surface area contributed by atoms with E-state index in [9.17, 15) is 0 Å². The van der Waals surface area contributed by atoms with Gasteiger partial charge in [0, 0.05) is 0 Å². The van der Waals surface area contributed by atoms with E-state index in [1.807, 2.05) is 12.1 Å². The van der Waals surface area contributed by atoms with Gasteiger partial charge in [-0.25, -0.2) is 0 Å². The Balaban J connectivity index is 2.05. The van der Waals surface area contributed by atoms with Gasteiger partial charge in [0.15, 0.2) is 0 Å². The van der Waals surface area contributed by atoms with Crippen LogP contribution in [0.2, 0.25) is 0 Å². The third-order valence-electron chi connectivity index (χ3n) is 2.94. The molecule has 0 saturated carbocycles. The molecule has 0 aliphatic rings. The third kappa shape index (κ3) is 2.73. The number of rotatable bonds is 3. The molecular weight excluding hydrogens is 192 g/mol. The quantitative estimate of drug-likeness (QED) is 0.719. The van der Waals surface area contributed by atoms with Gasteiger partial charge in [-0.3, -0.25) is 0 Å². The van der Waals surface area contributed by atoms with Crippen molar-refractivity contribution in [3.05, 3.63) is 70.8 Å². The Morgan fingerprint density at radius 2 is 1.88 bits per heavy atom. The molecule has 16 heavy (non-hydrogen) atoms. The van der Waals surface area contributed by atoms with Gasteiger partial charge in [-0.15, -0.1) is 0 Å². The number of hydrogen-bond acceptors (Lipinski definition) is 0. The monoisotopic (exact) mass is 209 g/mol. The molecule has 0 fully saturated rings. The van der Waals surface area contributed by atoms with E-state index in [1.165, 1.54) is 22.3 Å². The summed E-state index contributed by atoms with van der Waals surface area (Å²) in [6.07, 6.45) is 2.18. The van der Waals surface area contributed by atoms with Gasteiger partial charge in [-0.05, 0) is 49.4 Å². The van der Waals surface area contributed by atoms with Crippen molar-refractivity contribution in [3.63, 3.8) is 0 Å². The summed E-state index contributed by atoms with van der Waals surface area (Å²) in [5, 5.41) is 0. The van der Waals surface area contributed by atoms with Gasteiger partial charge < -0.3 is 0 Å². The Bertz CT molecular complexity index is 455. The largest absolute Gasteiger partial charge is 0.0620 e. The van der Waals surface area contributed by atoms with Crippen molar-refractivity contribution in [2.45, 2.75) is 26.7 Å². The van der Waals surface area contributed by atoms with Crippen LogP contribution in [0.1, 0.15) is 22.3 Å². The fraction of sp³-hybridized carbons (Fsp3) is 0.250. The van der Waals surface area contributed by atoms with E-state index in [-0.39, 0.29) is 0 Å². The van der Waals surface area contributed by atoms with Crippen molar-refractivity contribution in [2.75, 3.05) is 0 Å². The maximum Gasteiger partial charge on any atom is -0.0149 e. The van der Waals surface area contributed by atoms with Crippen molar-refractivity contribution < 1.29 is 0 Å². The molecule has 0 atom stereocenters. The summed E-state index contributed by atoms with van der Waals surface area (Å²) in [7, 11) is 0. The molecule has 0 amide bonds. The minimum absolute atomic E-state index is 1.07. The SMILES string of the molecule is Cc1ccc(CCc2[c]cccc2)c(C)c1. The lowest BCUT2D eigenvalue weighted by Gasteiger charge is -2.06. The van der Waals surface area contributed by atoms with Crippen LogP contribution in [0.3, 0.4) is 0 Å². The second kappa shape index (κ2) is 4.98. The Kier molecular flexibility index (Phi) is 3.40. The highest BCUT2D eigenvalue weighted by Gasteiger charge is 1.99. The first-order chi connectivity index (χ1) is 7.75. The molecule has 1 radical (unpaired) electrons. The summed E-state index contributed by atoms with van der Waals surface area (Å²) in [6.45, 7) is 4.33. The van der Waals surface area contributed by atoms with E-state index < -0.39 is 0 Å². The average Bonchev–Trinajstić information content (AvgIpc) is 2.29. The predicted octanol–water partition coefficient (Wildman–Crippen LogP) is 3.89. The zero-order valence-corrected chi connectivity index (χ0v) is 9.96. The van der Waals surface area contributed by atoms with Crippen LogP contribution in [0.4, 0.5) is 0 Å². The van der Waals surface area contributed by atoms with E-state index >= 15 is 0 Å². The standard InChI is InChI=1S/C16H17/c1-13-8-10-16(14(2)12-13)11-9-15-6-4-3-5-7-15/h3-6,8,10,12H,9,11H2,1-2H3. The van der Waals surface area contributed by atoms with Crippen LogP contribution in [0.5, 0.6) is 0 Å². The molecule has 0 N–H and O–H groups in total. The molecule has 0 aliphatic carbocycles. The van der Waals surface area contributed by atoms with E-state index in [2.05, 4.69) is 50.2 Å². The van der Waals surface area contributed by atoms with Crippen LogP contribution in [0.25, 0.3) is 0 Å². The highest BCUT2D eigenvalue weighted by atomic mass is 14.0. The van der Waals surface area contributed by atoms with Crippen LogP contribution >= 0.6 is 0 Å². The lowest BCUT2D eigenvalue weighted by molar-refractivity contribution is 0.946. The molecule has 0 heteroatoms. The van der Waals surface area contributed by atoms with Gasteiger partial charge in [0.05, 0.1) is 0 Å². The fourth-order valence-electron chi connectivity index (χ4n) is 1.98. The van der Waals surface area contributed by atoms with Gasteiger partial charge in [0.1, 0.15) is 0 Å². The lowest BCUT2D eigenvalue weighted by Crippen LogP contribution is -1.94. The molecule has 0 saturated heterocycles. The molecule has 0 bridgehead atoms. The zero-order chi connectivity index (χ0) is 11.4. The summed E-state index contributed by atoms with van der Waals surface area (Å²) < 4.78 is 0. The molecule has 2 aromatic carbocycles. The van der Waals surface area contributed by atoms with Crippen molar-refractivity contribution in [1.82, 2.24) is 0 Å². The molecule has 2 rings (SSSR count). The fourth-order valence-corrected chi connectivity index (χ4v) is 1.98. The van der Waals surface area contributed by atoms with Crippen molar-refractivity contribution in [2.24, 2.45) is 0 Å². The summed E-state index contributed by atoms with van der Waals surface area (Å²) in [5.41, 5.74) is 5.48. The molecule has 0 unspecified atom stereocenters. The second-order valence-corrected chi connectivity index (χ2v) is 4.32. The Morgan fingerprint density at radius 3 is 2.56 bits per heavy atom. The minimum atomic E-state index is 1.07. The predicted molar refractivity (Wildman–Crippen MR) is 68.6 cm³/mol. The van der Waals surface area contributed by atoms with Crippen molar-refractivity contribution >= 4 is 0 Å². The molecule has 0 spiro atoms. The van der Waals surface area contributed by atoms with Crippen LogP contribution in [-0.2, 0) is 12.8 Å². The average molecular weight is 209 g/mol. The number of benzene rings is 2. The molecular formula is C16H17. The first kappa shape index (κ1) is 10.9. The maximum atomic E-state index is 3.27. The lowest BCUT2D eigenvalue weighted by atomic mass is 9.99. The topological polar surface area (TPSA) is 0 Å². The second-order valence-electron chi connectivity index (χ2n) is 4.32. The highest BCUT2D eigenvalue weighted by molar-refractivity contribution is 5.31. The third-order valence-corrected chi connectivity index (χ3v) is 2.94. The van der Waals surface area contributed by atoms with E-state index in [0.29, 0.717) is 0 Å². The summed E-state index contributed by atoms with van der Waals surface area (Å²) in [6, 6.07) is 18.2. The molecule has 0 aliphatic heterocycles. The van der Waals surface area contributed by atoms with Gasteiger partial charge >= 0.3 is 0 Å². The molecule has 2 aromatic rings. The molecule has 81 valence electrons. The Morgan fingerprint density at radius 1 is 1.00 bits per heavy atom. The smallest absolute Gasteiger partial charge is 0.0149 e. The van der Waals surface area contributed by atoms with Crippen LogP contribution in [0.15, 0.2) is 42.5 Å². The van der Waals surface area contributed by atoms with Gasteiger partial charge in [-0.1, -0.05) is 48.0 Å². The first-order valence-corrected chi connectivity index (χ1v) is 5.77. The summed E-state index contributed by atoms with van der Waals surface area (Å²) in [5.74, 6) is 0. The minimum Gasteiger partial charge on any atom is -0.0620 e. The highest BCUT2D eigenvalue weighted by Crippen LogP contribution is 2.13. The molecule has 0 heterocycles. The summed E-state index contributed by atoms with van der Waals surface area (Å²) in [4.78, 5) is 0. The molecule has 0 nitrogen and oxygen atoms in total. The Hall–Kier alpha value is -1.56. The Labute approximate surface area is 97.9 Å². The van der Waals surface area contributed by atoms with Crippen molar-refractivity contribution in [3.8, 4) is 0 Å². The van der Waals surface area contributed by atoms with Gasteiger partial charge in [0.2, 0.25) is 0 Å². The zero-order valence-electron chi connectivity index (χ0n) is 9.96. The normalized spacial score (nSPS) is 10.4. The van der Waals surface area contributed by atoms with Crippen LogP contribution < -0.4 is 0 Å². The summed E-state index contributed by atoms with van der Waals surface area (Å²) >= 11 is 0. The maximum absolute atomic E-state index is 3.27. The number of hydrogen-bond donors (Lipinski definition) is 0. The first-order valence-electron chi connectivity index (χ1n) is 5.77. The van der Waals surface area contributed by atoms with E-state index in [4.69, 9.17) is 0 Å². The van der Waals surface area contributed by atoms with Crippen LogP contribution in [0, 0.1) is 19.9 Å². The van der Waals surface area contributed by atoms with Crippen LogP contribution in [-0.4, -0.2) is 0 Å². The van der Waals surface area contributed by atoms with Crippen molar-refractivity contribution in [1.29, 1.82) is 0 Å². The van der Waals surface area contributed by atoms with Gasteiger partial charge in [-0.2, -0.15) is 0 Å². The van der Waals surface area contributed by atoms with E-state index in [0.717, 1.165) is 12.8 Å². The number of aryl methyl sites for hydroxylation is 4. The van der Waals surface area contributed by atoms with E-state index in [1.54, 1.807) is 0 Å². The van der Waals surface area contributed by atoms with Gasteiger partial charge in [0.25, 0.3) is 0 Å². The molecule has 0 aromatic heterocycles.